The van der Waals surface area contributed by atoms with Crippen molar-refractivity contribution in [2.45, 2.75) is 19.4 Å². The fourth-order valence-electron chi connectivity index (χ4n) is 1.63. The quantitative estimate of drug-likeness (QED) is 0.573. The van der Waals surface area contributed by atoms with Crippen LogP contribution in [-0.4, -0.2) is 44.0 Å². The number of carbonyl (C=O) groups excluding carboxylic acids is 1. The number of rotatable bonds is 7. The van der Waals surface area contributed by atoms with Gasteiger partial charge in [-0.3, -0.25) is 9.48 Å². The Morgan fingerprint density at radius 1 is 1.53 bits per heavy atom. The summed E-state index contributed by atoms with van der Waals surface area (Å²) in [6.07, 6.45) is 6.70. The van der Waals surface area contributed by atoms with Crippen LogP contribution in [0.2, 0.25) is 0 Å². The highest BCUT2D eigenvalue weighted by Gasteiger charge is 2.09. The summed E-state index contributed by atoms with van der Waals surface area (Å²) >= 11 is 0. The Kier molecular flexibility index (Phi) is 4.62. The number of aromatic amines is 1. The van der Waals surface area contributed by atoms with Gasteiger partial charge in [0.1, 0.15) is 5.82 Å². The highest BCUT2D eigenvalue weighted by Crippen LogP contribution is 1.95. The third kappa shape index (κ3) is 3.88. The third-order valence-corrected chi connectivity index (χ3v) is 2.56. The Bertz CT molecular complexity index is 505. The topological polar surface area (TPSA) is 115 Å². The maximum absolute atomic E-state index is 11.7. The van der Waals surface area contributed by atoms with E-state index in [1.54, 1.807) is 23.3 Å². The van der Waals surface area contributed by atoms with Crippen molar-refractivity contribution in [1.82, 2.24) is 30.3 Å². The summed E-state index contributed by atoms with van der Waals surface area (Å²) in [5, 5.41) is 10.4. The predicted molar refractivity (Wildman–Crippen MR) is 68.3 cm³/mol. The minimum absolute atomic E-state index is 0.220. The summed E-state index contributed by atoms with van der Waals surface area (Å²) in [5.74, 6) is 0.700. The zero-order valence-corrected chi connectivity index (χ0v) is 10.5. The molecule has 0 fully saturated rings. The van der Waals surface area contributed by atoms with E-state index in [4.69, 9.17) is 5.73 Å². The number of nitrogens with zero attached hydrogens (tertiary/aromatic N) is 4. The maximum atomic E-state index is 11.7. The highest BCUT2D eigenvalue weighted by molar-refractivity contribution is 5.91. The van der Waals surface area contributed by atoms with E-state index < -0.39 is 0 Å². The molecule has 0 aliphatic heterocycles. The van der Waals surface area contributed by atoms with E-state index >= 15 is 0 Å². The van der Waals surface area contributed by atoms with E-state index in [0.717, 1.165) is 18.7 Å². The molecule has 8 nitrogen and oxygen atoms in total. The van der Waals surface area contributed by atoms with Crippen molar-refractivity contribution in [3.8, 4) is 0 Å². The van der Waals surface area contributed by atoms with Crippen LogP contribution < -0.4 is 11.1 Å². The van der Waals surface area contributed by atoms with E-state index in [0.29, 0.717) is 25.3 Å². The summed E-state index contributed by atoms with van der Waals surface area (Å²) in [4.78, 5) is 18.9. The normalized spacial score (nSPS) is 10.6. The molecule has 0 spiro atoms. The van der Waals surface area contributed by atoms with Gasteiger partial charge < -0.3 is 16.0 Å². The molecule has 0 aliphatic carbocycles. The van der Waals surface area contributed by atoms with Gasteiger partial charge in [0.05, 0.1) is 12.7 Å². The molecule has 8 heteroatoms. The second-order valence-corrected chi connectivity index (χ2v) is 4.05. The molecule has 0 bridgehead atoms. The summed E-state index contributed by atoms with van der Waals surface area (Å²) in [5.41, 5.74) is 5.70. The van der Waals surface area contributed by atoms with Crippen molar-refractivity contribution >= 4 is 5.91 Å². The van der Waals surface area contributed by atoms with Crippen LogP contribution in [0.5, 0.6) is 0 Å². The van der Waals surface area contributed by atoms with Crippen molar-refractivity contribution < 1.29 is 4.79 Å². The van der Waals surface area contributed by atoms with Crippen LogP contribution in [0, 0.1) is 0 Å². The first-order valence-electron chi connectivity index (χ1n) is 6.16. The Morgan fingerprint density at radius 2 is 2.42 bits per heavy atom. The number of hydrogen-bond acceptors (Lipinski definition) is 5. The molecule has 0 radical (unpaired) electrons. The van der Waals surface area contributed by atoms with Crippen molar-refractivity contribution in [3.63, 3.8) is 0 Å². The number of aromatic nitrogens is 5. The summed E-state index contributed by atoms with van der Waals surface area (Å²) in [6.45, 7) is 1.59. The van der Waals surface area contributed by atoms with Gasteiger partial charge in [-0.15, -0.1) is 5.10 Å². The van der Waals surface area contributed by atoms with E-state index in [1.165, 1.54) is 0 Å². The number of imidazole rings is 1. The average molecular weight is 263 g/mol. The number of aryl methyl sites for hydroxylation is 1. The van der Waals surface area contributed by atoms with E-state index in [-0.39, 0.29) is 5.91 Å². The van der Waals surface area contributed by atoms with Gasteiger partial charge >= 0.3 is 0 Å². The standard InChI is InChI=1S/C11H17N7O/c12-3-7-18-8-9(16-17-18)11(19)15-4-1-2-10-13-5-6-14-10/h5-6,8H,1-4,7,12H2,(H,13,14)(H,15,19). The maximum Gasteiger partial charge on any atom is 0.273 e. The number of carbonyl (C=O) groups is 1. The molecule has 0 atom stereocenters. The largest absolute Gasteiger partial charge is 0.351 e. The smallest absolute Gasteiger partial charge is 0.273 e. The predicted octanol–water partition coefficient (Wildman–Crippen LogP) is -0.677. The molecule has 0 unspecified atom stereocenters. The summed E-state index contributed by atoms with van der Waals surface area (Å²) < 4.78 is 1.55. The summed E-state index contributed by atoms with van der Waals surface area (Å²) in [6, 6.07) is 0. The molecule has 102 valence electrons. The second-order valence-electron chi connectivity index (χ2n) is 4.05. The second kappa shape index (κ2) is 6.64. The van der Waals surface area contributed by atoms with Gasteiger partial charge in [0.2, 0.25) is 0 Å². The molecule has 2 aromatic rings. The van der Waals surface area contributed by atoms with Crippen LogP contribution in [-0.2, 0) is 13.0 Å². The average Bonchev–Trinajstić information content (AvgIpc) is 3.06. The Hall–Kier alpha value is -2.22. The zero-order chi connectivity index (χ0) is 13.5. The highest BCUT2D eigenvalue weighted by atomic mass is 16.2. The Balaban J connectivity index is 1.71. The molecule has 0 aromatic carbocycles. The van der Waals surface area contributed by atoms with Gasteiger partial charge in [0, 0.05) is 31.9 Å². The van der Waals surface area contributed by atoms with E-state index in [1.807, 2.05) is 0 Å². The van der Waals surface area contributed by atoms with E-state index in [2.05, 4.69) is 25.6 Å². The molecular weight excluding hydrogens is 246 g/mol. The van der Waals surface area contributed by atoms with Crippen molar-refractivity contribution in [1.29, 1.82) is 0 Å². The van der Waals surface area contributed by atoms with E-state index in [9.17, 15) is 4.79 Å². The molecule has 19 heavy (non-hydrogen) atoms. The molecule has 1 amide bonds. The minimum atomic E-state index is -0.220. The molecule has 0 saturated carbocycles. The third-order valence-electron chi connectivity index (χ3n) is 2.56. The lowest BCUT2D eigenvalue weighted by Gasteiger charge is -2.01. The van der Waals surface area contributed by atoms with Gasteiger partial charge in [-0.25, -0.2) is 4.98 Å². The van der Waals surface area contributed by atoms with Crippen LogP contribution >= 0.6 is 0 Å². The fourth-order valence-corrected chi connectivity index (χ4v) is 1.63. The first-order valence-corrected chi connectivity index (χ1v) is 6.16. The van der Waals surface area contributed by atoms with Crippen LogP contribution in [0.4, 0.5) is 0 Å². The van der Waals surface area contributed by atoms with Gasteiger partial charge in [-0.2, -0.15) is 0 Å². The molecule has 4 N–H and O–H groups in total. The zero-order valence-electron chi connectivity index (χ0n) is 10.5. The van der Waals surface area contributed by atoms with Gasteiger partial charge in [0.25, 0.3) is 5.91 Å². The van der Waals surface area contributed by atoms with Crippen LogP contribution in [0.3, 0.4) is 0 Å². The van der Waals surface area contributed by atoms with Crippen molar-refractivity contribution in [2.75, 3.05) is 13.1 Å². The Labute approximate surface area is 110 Å². The Morgan fingerprint density at radius 3 is 3.16 bits per heavy atom. The first-order chi connectivity index (χ1) is 9.29. The van der Waals surface area contributed by atoms with Gasteiger partial charge in [0.15, 0.2) is 5.69 Å². The summed E-state index contributed by atoms with van der Waals surface area (Å²) in [7, 11) is 0. The van der Waals surface area contributed by atoms with Crippen LogP contribution in [0.25, 0.3) is 0 Å². The molecule has 0 aliphatic rings. The van der Waals surface area contributed by atoms with Crippen molar-refractivity contribution in [3.05, 3.63) is 30.1 Å². The number of amides is 1. The number of nitrogens with two attached hydrogens (primary N) is 1. The molecule has 0 saturated heterocycles. The molecule has 2 aromatic heterocycles. The van der Waals surface area contributed by atoms with Gasteiger partial charge in [-0.05, 0) is 6.42 Å². The lowest BCUT2D eigenvalue weighted by atomic mass is 10.3. The van der Waals surface area contributed by atoms with Crippen molar-refractivity contribution in [2.24, 2.45) is 5.73 Å². The lowest BCUT2D eigenvalue weighted by Crippen LogP contribution is -2.25. The molecule has 2 rings (SSSR count). The molecular formula is C11H17N7O. The fraction of sp³-hybridized carbons (Fsp3) is 0.455. The number of H-pyrrole nitrogens is 1. The SMILES string of the molecule is NCCn1cc(C(=O)NCCCc2ncc[nH]2)nn1. The first kappa shape index (κ1) is 13.2. The minimum Gasteiger partial charge on any atom is -0.351 e. The van der Waals surface area contributed by atoms with Gasteiger partial charge in [-0.1, -0.05) is 5.21 Å². The monoisotopic (exact) mass is 263 g/mol. The van der Waals surface area contributed by atoms with Crippen LogP contribution in [0.15, 0.2) is 18.6 Å². The number of hydrogen-bond donors (Lipinski definition) is 3. The number of nitrogens with one attached hydrogen (secondary N) is 2. The lowest BCUT2D eigenvalue weighted by molar-refractivity contribution is 0.0948. The van der Waals surface area contributed by atoms with Crippen LogP contribution in [0.1, 0.15) is 22.7 Å². The molecule has 2 heterocycles.